The predicted molar refractivity (Wildman–Crippen MR) is 352 cm³/mol. The third kappa shape index (κ3) is 65.2. The molecule has 0 aliphatic carbocycles. The fourth-order valence-corrected chi connectivity index (χ4v) is 8.18. The predicted octanol–water partition coefficient (Wildman–Crippen LogP) is 22.4. The molecule has 0 aromatic heterocycles. The molecule has 0 radical (unpaired) electrons. The highest BCUT2D eigenvalue weighted by Gasteiger charge is 2.19. The molecule has 1 unspecified atom stereocenters. The molecule has 0 saturated carbocycles. The van der Waals surface area contributed by atoms with Gasteiger partial charge in [-0.05, 0) is 148 Å². The standard InChI is InChI=1S/C75H116O6/c1-4-7-10-13-16-19-22-25-28-31-32-33-34-35-36-37-38-39-40-41-42-45-47-50-53-56-59-62-65-68-74(77)80-71-72(81-75(78)69-66-63-60-57-54-51-48-44-30-27-24-21-18-15-12-9-6-3)70-79-73(76)67-64-61-58-55-52-49-46-43-29-26-23-20-17-14-11-8-5-2/h7-12,16-21,25-30,32-33,35-36,38-39,46,48-49,51,57,60,72H,4-6,13-15,22-24,31,34,37,40-45,47,50,52-56,58-59,61-71H2,1-3H3/b10-7-,11-8-,12-9-,19-16-,20-17-,21-18-,28-25-,29-26-,30-27-,33-32-,36-35-,39-38-,49-46-,51-48-,60-57-. The van der Waals surface area contributed by atoms with Gasteiger partial charge in [0.05, 0.1) is 0 Å². The molecule has 0 aliphatic rings. The van der Waals surface area contributed by atoms with Gasteiger partial charge in [-0.25, -0.2) is 0 Å². The second kappa shape index (κ2) is 67.0. The Bertz CT molecular complexity index is 1900. The third-order valence-corrected chi connectivity index (χ3v) is 12.9. The monoisotopic (exact) mass is 1110 g/mol. The van der Waals surface area contributed by atoms with E-state index in [1.165, 1.54) is 44.9 Å². The van der Waals surface area contributed by atoms with Crippen LogP contribution in [0.5, 0.6) is 0 Å². The van der Waals surface area contributed by atoms with Gasteiger partial charge in [0.1, 0.15) is 13.2 Å². The SMILES string of the molecule is CC/C=C\C/C=C\C/C=C\C/C=C\C/C=C\C/C=C\CCCCCCCCCCCCC(=O)OCC(COC(=O)CCCCCC/C=C\C/C=C\C/C=C\C/C=C\CC)OC(=O)CCC/C=C\C/C=C\C/C=C\C/C=C\C/C=C\CC. The number of rotatable bonds is 56. The molecule has 0 saturated heterocycles. The van der Waals surface area contributed by atoms with E-state index in [-0.39, 0.29) is 37.5 Å². The molecular formula is C75H116O6. The van der Waals surface area contributed by atoms with Gasteiger partial charge in [-0.2, -0.15) is 0 Å². The molecule has 0 heterocycles. The highest BCUT2D eigenvalue weighted by Crippen LogP contribution is 2.14. The lowest BCUT2D eigenvalue weighted by Gasteiger charge is -2.18. The van der Waals surface area contributed by atoms with Crippen molar-refractivity contribution < 1.29 is 28.6 Å². The summed E-state index contributed by atoms with van der Waals surface area (Å²) >= 11 is 0. The summed E-state index contributed by atoms with van der Waals surface area (Å²) < 4.78 is 16.9. The molecule has 0 aromatic carbocycles. The summed E-state index contributed by atoms with van der Waals surface area (Å²) in [5.74, 6) is -1.01. The van der Waals surface area contributed by atoms with Crippen molar-refractivity contribution in [2.45, 2.75) is 258 Å². The summed E-state index contributed by atoms with van der Waals surface area (Å²) in [4.78, 5) is 38.3. The van der Waals surface area contributed by atoms with Crippen LogP contribution in [0.2, 0.25) is 0 Å². The number of esters is 3. The molecule has 0 N–H and O–H groups in total. The lowest BCUT2D eigenvalue weighted by Crippen LogP contribution is -2.30. The van der Waals surface area contributed by atoms with Gasteiger partial charge in [0.2, 0.25) is 0 Å². The molecule has 6 nitrogen and oxygen atoms in total. The van der Waals surface area contributed by atoms with Crippen molar-refractivity contribution in [3.63, 3.8) is 0 Å². The van der Waals surface area contributed by atoms with E-state index < -0.39 is 6.10 Å². The van der Waals surface area contributed by atoms with Crippen molar-refractivity contribution >= 4 is 17.9 Å². The van der Waals surface area contributed by atoms with Crippen LogP contribution in [-0.2, 0) is 28.6 Å². The zero-order chi connectivity index (χ0) is 58.5. The Balaban J connectivity index is 4.45. The largest absolute Gasteiger partial charge is 0.462 e. The summed E-state index contributed by atoms with van der Waals surface area (Å²) in [7, 11) is 0. The summed E-state index contributed by atoms with van der Waals surface area (Å²) in [6, 6.07) is 0. The number of hydrogen-bond acceptors (Lipinski definition) is 6. The molecule has 0 spiro atoms. The van der Waals surface area contributed by atoms with Crippen LogP contribution in [0.15, 0.2) is 182 Å². The molecule has 0 rings (SSSR count). The fraction of sp³-hybridized carbons (Fsp3) is 0.560. The maximum atomic E-state index is 12.9. The van der Waals surface area contributed by atoms with Crippen molar-refractivity contribution in [3.05, 3.63) is 182 Å². The quantitative estimate of drug-likeness (QED) is 0.0261. The zero-order valence-electron chi connectivity index (χ0n) is 51.7. The third-order valence-electron chi connectivity index (χ3n) is 12.9. The second-order valence-electron chi connectivity index (χ2n) is 20.5. The van der Waals surface area contributed by atoms with E-state index in [9.17, 15) is 14.4 Å². The van der Waals surface area contributed by atoms with Crippen LogP contribution in [0, 0.1) is 0 Å². The number of carbonyl (C=O) groups excluding carboxylic acids is 3. The Labute approximate surface area is 497 Å². The number of unbranched alkanes of at least 4 members (excludes halogenated alkanes) is 15. The number of ether oxygens (including phenoxy) is 3. The van der Waals surface area contributed by atoms with Crippen LogP contribution in [0.3, 0.4) is 0 Å². The Morgan fingerprint density at radius 3 is 0.728 bits per heavy atom. The van der Waals surface area contributed by atoms with Gasteiger partial charge >= 0.3 is 17.9 Å². The molecule has 0 amide bonds. The minimum atomic E-state index is -0.832. The van der Waals surface area contributed by atoms with Crippen LogP contribution >= 0.6 is 0 Å². The molecule has 0 aliphatic heterocycles. The van der Waals surface area contributed by atoms with Crippen LogP contribution in [-0.4, -0.2) is 37.2 Å². The number of carbonyl (C=O) groups is 3. The average molecular weight is 1110 g/mol. The van der Waals surface area contributed by atoms with E-state index in [2.05, 4.69) is 203 Å². The number of hydrogen-bond donors (Lipinski definition) is 0. The Morgan fingerprint density at radius 1 is 0.247 bits per heavy atom. The summed E-state index contributed by atoms with van der Waals surface area (Å²) in [6.45, 7) is 6.22. The van der Waals surface area contributed by atoms with Gasteiger partial charge in [-0.3, -0.25) is 14.4 Å². The fourth-order valence-electron chi connectivity index (χ4n) is 8.18. The maximum absolute atomic E-state index is 12.9. The van der Waals surface area contributed by atoms with Gasteiger partial charge in [0, 0.05) is 19.3 Å². The highest BCUT2D eigenvalue weighted by molar-refractivity contribution is 5.71. The van der Waals surface area contributed by atoms with Crippen LogP contribution in [0.4, 0.5) is 0 Å². The summed E-state index contributed by atoms with van der Waals surface area (Å²) in [6.07, 6.45) is 100. The lowest BCUT2D eigenvalue weighted by molar-refractivity contribution is -0.167. The van der Waals surface area contributed by atoms with Gasteiger partial charge in [0.25, 0.3) is 0 Å². The average Bonchev–Trinajstić information content (AvgIpc) is 3.47. The van der Waals surface area contributed by atoms with Crippen molar-refractivity contribution in [3.8, 4) is 0 Å². The van der Waals surface area contributed by atoms with E-state index in [0.29, 0.717) is 19.3 Å². The van der Waals surface area contributed by atoms with Gasteiger partial charge in [-0.1, -0.05) is 267 Å². The topological polar surface area (TPSA) is 78.9 Å². The minimum absolute atomic E-state index is 0.120. The lowest BCUT2D eigenvalue weighted by atomic mass is 10.1. The molecule has 0 aromatic rings. The highest BCUT2D eigenvalue weighted by atomic mass is 16.6. The first-order chi connectivity index (χ1) is 40.0. The summed E-state index contributed by atoms with van der Waals surface area (Å²) in [5.41, 5.74) is 0. The minimum Gasteiger partial charge on any atom is -0.462 e. The van der Waals surface area contributed by atoms with Gasteiger partial charge < -0.3 is 14.2 Å². The first kappa shape index (κ1) is 75.5. The van der Waals surface area contributed by atoms with Gasteiger partial charge in [0.15, 0.2) is 6.10 Å². The van der Waals surface area contributed by atoms with Crippen molar-refractivity contribution in [1.82, 2.24) is 0 Å². The van der Waals surface area contributed by atoms with E-state index >= 15 is 0 Å². The van der Waals surface area contributed by atoms with Crippen LogP contribution < -0.4 is 0 Å². The molecule has 1 atom stereocenters. The van der Waals surface area contributed by atoms with Gasteiger partial charge in [-0.15, -0.1) is 0 Å². The molecule has 0 bridgehead atoms. The Hall–Kier alpha value is -5.49. The molecule has 6 heteroatoms. The van der Waals surface area contributed by atoms with Crippen LogP contribution in [0.25, 0.3) is 0 Å². The smallest absolute Gasteiger partial charge is 0.306 e. The second-order valence-corrected chi connectivity index (χ2v) is 20.5. The number of allylic oxidation sites excluding steroid dienone is 30. The molecule has 81 heavy (non-hydrogen) atoms. The molecular weight excluding hydrogens is 997 g/mol. The first-order valence-electron chi connectivity index (χ1n) is 32.3. The van der Waals surface area contributed by atoms with E-state index in [1.807, 2.05) is 0 Å². The van der Waals surface area contributed by atoms with Crippen molar-refractivity contribution in [1.29, 1.82) is 0 Å². The first-order valence-corrected chi connectivity index (χ1v) is 32.3. The van der Waals surface area contributed by atoms with E-state index in [4.69, 9.17) is 14.2 Å². The Morgan fingerprint density at radius 2 is 0.457 bits per heavy atom. The zero-order valence-corrected chi connectivity index (χ0v) is 51.7. The van der Waals surface area contributed by atoms with Crippen molar-refractivity contribution in [2.75, 3.05) is 13.2 Å². The van der Waals surface area contributed by atoms with Crippen LogP contribution in [0.1, 0.15) is 252 Å². The van der Waals surface area contributed by atoms with E-state index in [0.717, 1.165) is 161 Å². The normalized spacial score (nSPS) is 13.4. The van der Waals surface area contributed by atoms with Crippen molar-refractivity contribution in [2.24, 2.45) is 0 Å². The van der Waals surface area contributed by atoms with E-state index in [1.54, 1.807) is 0 Å². The molecule has 452 valence electrons. The molecule has 0 fully saturated rings. The Kier molecular flexibility index (Phi) is 62.5. The summed E-state index contributed by atoms with van der Waals surface area (Å²) in [5, 5.41) is 0. The maximum Gasteiger partial charge on any atom is 0.306 e.